The highest BCUT2D eigenvalue weighted by molar-refractivity contribution is 7.91. The van der Waals surface area contributed by atoms with E-state index in [1.807, 2.05) is 0 Å². The topological polar surface area (TPSA) is 71.5 Å². The van der Waals surface area contributed by atoms with E-state index in [4.69, 9.17) is 0 Å². The van der Waals surface area contributed by atoms with E-state index in [0.717, 1.165) is 28.8 Å². The third kappa shape index (κ3) is 4.04. The van der Waals surface area contributed by atoms with E-state index in [0.29, 0.717) is 6.07 Å². The number of halogens is 3. The van der Waals surface area contributed by atoms with Crippen LogP contribution in [0.4, 0.5) is 13.2 Å². The fourth-order valence-electron chi connectivity index (χ4n) is 2.48. The lowest BCUT2D eigenvalue weighted by Gasteiger charge is -2.30. The van der Waals surface area contributed by atoms with Gasteiger partial charge in [-0.1, -0.05) is 6.07 Å². The molecule has 23 heavy (non-hydrogen) atoms. The van der Waals surface area contributed by atoms with Crippen molar-refractivity contribution < 1.29 is 30.0 Å². The van der Waals surface area contributed by atoms with Crippen LogP contribution in [0.2, 0.25) is 0 Å². The number of hydrogen-bond donors (Lipinski definition) is 0. The summed E-state index contributed by atoms with van der Waals surface area (Å²) in [5.41, 5.74) is -1.04. The summed E-state index contributed by atoms with van der Waals surface area (Å²) in [7, 11) is -7.33. The quantitative estimate of drug-likeness (QED) is 0.814. The van der Waals surface area contributed by atoms with Gasteiger partial charge in [0.25, 0.3) is 0 Å². The maximum atomic E-state index is 12.7. The van der Waals surface area contributed by atoms with Crippen molar-refractivity contribution in [2.24, 2.45) is 0 Å². The molecule has 1 fully saturated rings. The molecule has 1 aromatic carbocycles. The average molecular weight is 371 g/mol. The summed E-state index contributed by atoms with van der Waals surface area (Å²) < 4.78 is 87.0. The third-order valence-electron chi connectivity index (χ3n) is 3.81. The minimum Gasteiger partial charge on any atom is -0.229 e. The largest absolute Gasteiger partial charge is 0.416 e. The summed E-state index contributed by atoms with van der Waals surface area (Å²) >= 11 is 0. The molecule has 0 saturated carbocycles. The monoisotopic (exact) mass is 371 g/mol. The van der Waals surface area contributed by atoms with E-state index < -0.39 is 41.7 Å². The van der Waals surface area contributed by atoms with E-state index in [1.165, 1.54) is 0 Å². The van der Waals surface area contributed by atoms with Crippen molar-refractivity contribution in [2.45, 2.75) is 29.2 Å². The van der Waals surface area contributed by atoms with Crippen LogP contribution < -0.4 is 0 Å². The number of alkyl halides is 3. The third-order valence-corrected chi connectivity index (χ3v) is 7.38. The molecule has 1 aromatic rings. The number of benzene rings is 1. The number of sulfone groups is 1. The average Bonchev–Trinajstić information content (AvgIpc) is 2.46. The normalized spacial score (nSPS) is 19.0. The van der Waals surface area contributed by atoms with Crippen LogP contribution in [-0.2, 0) is 26.0 Å². The first-order chi connectivity index (χ1) is 10.4. The van der Waals surface area contributed by atoms with Crippen molar-refractivity contribution in [3.63, 3.8) is 0 Å². The molecule has 1 saturated heterocycles. The molecule has 1 aliphatic heterocycles. The molecule has 0 atom stereocenters. The number of nitrogens with zero attached hydrogens (tertiary/aromatic N) is 1. The summed E-state index contributed by atoms with van der Waals surface area (Å²) in [4.78, 5) is -0.440. The Morgan fingerprint density at radius 1 is 1.09 bits per heavy atom. The molecule has 0 amide bonds. The maximum absolute atomic E-state index is 12.7. The molecule has 0 radical (unpaired) electrons. The molecule has 0 bridgehead atoms. The Bertz CT molecular complexity index is 780. The Labute approximate surface area is 133 Å². The Kier molecular flexibility index (Phi) is 4.80. The molecule has 0 aliphatic carbocycles. The molecule has 5 nitrogen and oxygen atoms in total. The van der Waals surface area contributed by atoms with Crippen molar-refractivity contribution in [2.75, 3.05) is 19.3 Å². The van der Waals surface area contributed by atoms with Crippen LogP contribution >= 0.6 is 0 Å². The molecule has 130 valence electrons. The van der Waals surface area contributed by atoms with Crippen LogP contribution in [0, 0.1) is 0 Å². The van der Waals surface area contributed by atoms with Crippen molar-refractivity contribution in [3.8, 4) is 0 Å². The molecule has 0 spiro atoms. The van der Waals surface area contributed by atoms with E-state index in [-0.39, 0.29) is 25.9 Å². The summed E-state index contributed by atoms with van der Waals surface area (Å²) in [5.74, 6) is 0. The standard InChI is InChI=1S/C13H16F3NO4S2/c1-22(18,19)11-5-7-17(8-6-11)23(20,21)12-4-2-3-10(9-12)13(14,15)16/h2-4,9,11H,5-8H2,1H3. The minimum absolute atomic E-state index is 0.0314. The molecular weight excluding hydrogens is 355 g/mol. The van der Waals surface area contributed by atoms with E-state index in [1.54, 1.807) is 0 Å². The van der Waals surface area contributed by atoms with E-state index in [9.17, 15) is 30.0 Å². The van der Waals surface area contributed by atoms with Gasteiger partial charge >= 0.3 is 6.18 Å². The zero-order valence-electron chi connectivity index (χ0n) is 12.2. The van der Waals surface area contributed by atoms with Gasteiger partial charge in [-0.25, -0.2) is 16.8 Å². The first-order valence-corrected chi connectivity index (χ1v) is 10.2. The van der Waals surface area contributed by atoms with E-state index >= 15 is 0 Å². The molecule has 1 aliphatic rings. The van der Waals surface area contributed by atoms with E-state index in [2.05, 4.69) is 0 Å². The molecule has 0 aromatic heterocycles. The van der Waals surface area contributed by atoms with Crippen molar-refractivity contribution >= 4 is 19.9 Å². The predicted octanol–water partition coefficient (Wildman–Crippen LogP) is 1.90. The zero-order chi connectivity index (χ0) is 17.5. The first kappa shape index (κ1) is 18.2. The lowest BCUT2D eigenvalue weighted by molar-refractivity contribution is -0.137. The SMILES string of the molecule is CS(=O)(=O)C1CCN(S(=O)(=O)c2cccc(C(F)(F)F)c2)CC1. The molecular formula is C13H16F3NO4S2. The fraction of sp³-hybridized carbons (Fsp3) is 0.538. The van der Waals surface area contributed by atoms with Crippen molar-refractivity contribution in [1.29, 1.82) is 0 Å². The molecule has 0 N–H and O–H groups in total. The smallest absolute Gasteiger partial charge is 0.229 e. The van der Waals surface area contributed by atoms with Crippen LogP contribution in [0.5, 0.6) is 0 Å². The first-order valence-electron chi connectivity index (χ1n) is 6.78. The molecule has 1 heterocycles. The Hall–Kier alpha value is -1.13. The van der Waals surface area contributed by atoms with Gasteiger partial charge in [0.05, 0.1) is 15.7 Å². The van der Waals surface area contributed by atoms with Crippen LogP contribution in [0.25, 0.3) is 0 Å². The lowest BCUT2D eigenvalue weighted by atomic mass is 10.2. The molecule has 0 unspecified atom stereocenters. The highest BCUT2D eigenvalue weighted by Gasteiger charge is 2.35. The Morgan fingerprint density at radius 3 is 2.13 bits per heavy atom. The van der Waals surface area contributed by atoms with Crippen LogP contribution in [0.1, 0.15) is 18.4 Å². The zero-order valence-corrected chi connectivity index (χ0v) is 13.9. The minimum atomic E-state index is -4.63. The summed E-state index contributed by atoms with van der Waals surface area (Å²) in [6, 6.07) is 3.54. The van der Waals surface area contributed by atoms with Gasteiger partial charge in [-0.3, -0.25) is 0 Å². The van der Waals surface area contributed by atoms with Gasteiger partial charge in [0.15, 0.2) is 0 Å². The summed E-state index contributed by atoms with van der Waals surface area (Å²) in [6.45, 7) is -0.0629. The summed E-state index contributed by atoms with van der Waals surface area (Å²) in [6.07, 6.45) is -3.27. The van der Waals surface area contributed by atoms with Crippen molar-refractivity contribution in [3.05, 3.63) is 29.8 Å². The highest BCUT2D eigenvalue weighted by Crippen LogP contribution is 2.31. The second kappa shape index (κ2) is 6.06. The Morgan fingerprint density at radius 2 is 1.65 bits per heavy atom. The predicted molar refractivity (Wildman–Crippen MR) is 78.1 cm³/mol. The van der Waals surface area contributed by atoms with Gasteiger partial charge in [-0.05, 0) is 31.0 Å². The number of hydrogen-bond acceptors (Lipinski definition) is 4. The van der Waals surface area contributed by atoms with Gasteiger partial charge in [-0.15, -0.1) is 0 Å². The number of piperidine rings is 1. The molecule has 10 heteroatoms. The van der Waals surface area contributed by atoms with Crippen molar-refractivity contribution in [1.82, 2.24) is 4.31 Å². The lowest BCUT2D eigenvalue weighted by Crippen LogP contribution is -2.42. The fourth-order valence-corrected chi connectivity index (χ4v) is 5.07. The van der Waals surface area contributed by atoms with Gasteiger partial charge in [0, 0.05) is 19.3 Å². The highest BCUT2D eigenvalue weighted by atomic mass is 32.2. The van der Waals surface area contributed by atoms with Gasteiger partial charge in [0.2, 0.25) is 10.0 Å². The number of sulfonamides is 1. The van der Waals surface area contributed by atoms with Gasteiger partial charge < -0.3 is 0 Å². The Balaban J connectivity index is 2.24. The van der Waals surface area contributed by atoms with Gasteiger partial charge in [0.1, 0.15) is 9.84 Å². The molecule has 2 rings (SSSR count). The van der Waals surface area contributed by atoms with Crippen LogP contribution in [-0.4, -0.2) is 45.7 Å². The summed E-state index contributed by atoms with van der Waals surface area (Å²) in [5, 5.41) is -0.615. The second-order valence-corrected chi connectivity index (χ2v) is 9.72. The second-order valence-electron chi connectivity index (χ2n) is 5.46. The number of rotatable bonds is 3. The maximum Gasteiger partial charge on any atom is 0.416 e. The van der Waals surface area contributed by atoms with Crippen LogP contribution in [0.3, 0.4) is 0 Å². The van der Waals surface area contributed by atoms with Crippen LogP contribution in [0.15, 0.2) is 29.2 Å². The van der Waals surface area contributed by atoms with Gasteiger partial charge in [-0.2, -0.15) is 17.5 Å².